The topological polar surface area (TPSA) is 58.6 Å². The molecule has 0 spiro atoms. The van der Waals surface area contributed by atoms with Crippen LogP contribution in [0.4, 0.5) is 0 Å². The maximum Gasteiger partial charge on any atom is 0.245 e. The predicted octanol–water partition coefficient (Wildman–Crippen LogP) is 2.14. The van der Waals surface area contributed by atoms with Crippen molar-refractivity contribution in [3.63, 3.8) is 0 Å². The van der Waals surface area contributed by atoms with Gasteiger partial charge in [0.2, 0.25) is 11.8 Å². The molecule has 1 atom stereocenters. The molecule has 1 saturated heterocycles. The van der Waals surface area contributed by atoms with Crippen LogP contribution >= 0.6 is 11.8 Å². The summed E-state index contributed by atoms with van der Waals surface area (Å²) in [4.78, 5) is 21.6. The third-order valence-corrected chi connectivity index (χ3v) is 3.68. The number of hydrogen-bond acceptors (Lipinski definition) is 4. The van der Waals surface area contributed by atoms with Crippen LogP contribution in [0.3, 0.4) is 0 Å². The fraction of sp³-hybridized carbons (Fsp3) is 0.385. The molecule has 102 valence electrons. The predicted molar refractivity (Wildman–Crippen MR) is 73.7 cm³/mol. The van der Waals surface area contributed by atoms with Gasteiger partial charge in [-0.1, -0.05) is 13.0 Å². The van der Waals surface area contributed by atoms with Gasteiger partial charge in [-0.25, -0.2) is 5.01 Å². The first-order chi connectivity index (χ1) is 9.10. The molecule has 0 radical (unpaired) electrons. The molecule has 1 N–H and O–H groups in total. The highest BCUT2D eigenvalue weighted by Gasteiger charge is 2.36. The van der Waals surface area contributed by atoms with Crippen LogP contribution < -0.4 is 10.2 Å². The Morgan fingerprint density at radius 1 is 1.53 bits per heavy atom. The number of rotatable bonds is 3. The van der Waals surface area contributed by atoms with Gasteiger partial charge in [0.1, 0.15) is 16.9 Å². The van der Waals surface area contributed by atoms with Crippen molar-refractivity contribution in [3.05, 3.63) is 24.3 Å². The number of β-lactam (4-membered cyclic amide) rings is 1. The van der Waals surface area contributed by atoms with E-state index >= 15 is 0 Å². The number of carbonyl (C=O) groups is 2. The van der Waals surface area contributed by atoms with E-state index in [1.54, 1.807) is 11.8 Å². The molecule has 1 aromatic carbocycles. The third-order valence-electron chi connectivity index (χ3n) is 2.58. The van der Waals surface area contributed by atoms with Crippen molar-refractivity contribution >= 4 is 23.6 Å². The lowest BCUT2D eigenvalue weighted by atomic mass is 10.2. The molecule has 0 saturated carbocycles. The van der Waals surface area contributed by atoms with Crippen molar-refractivity contribution in [2.75, 3.05) is 5.75 Å². The second-order valence-corrected chi connectivity index (χ2v) is 5.58. The molecule has 19 heavy (non-hydrogen) atoms. The molecule has 0 unspecified atom stereocenters. The highest BCUT2D eigenvalue weighted by atomic mass is 32.2. The summed E-state index contributed by atoms with van der Waals surface area (Å²) >= 11 is 1.66. The van der Waals surface area contributed by atoms with Gasteiger partial charge in [0, 0.05) is 13.0 Å². The van der Waals surface area contributed by atoms with Gasteiger partial charge in [-0.05, 0) is 17.9 Å². The number of hydrogen-bond donors (Lipinski definition) is 1. The maximum atomic E-state index is 10.9. The lowest BCUT2D eigenvalue weighted by Crippen LogP contribution is -2.59. The number of nitrogens with zero attached hydrogens (tertiary/aromatic N) is 1. The zero-order valence-corrected chi connectivity index (χ0v) is 11.7. The minimum absolute atomic E-state index is 0.00356. The van der Waals surface area contributed by atoms with Gasteiger partial charge >= 0.3 is 0 Å². The molecule has 0 aromatic heterocycles. The first-order valence-electron chi connectivity index (χ1n) is 6.09. The van der Waals surface area contributed by atoms with Gasteiger partial charge < -0.3 is 4.74 Å². The first-order valence-corrected chi connectivity index (χ1v) is 7.14. The Morgan fingerprint density at radius 2 is 2.16 bits per heavy atom. The van der Waals surface area contributed by atoms with Crippen molar-refractivity contribution in [3.8, 4) is 11.5 Å². The van der Waals surface area contributed by atoms with Crippen LogP contribution in [0, 0.1) is 0 Å². The van der Waals surface area contributed by atoms with Crippen LogP contribution in [0.2, 0.25) is 0 Å². The highest BCUT2D eigenvalue weighted by molar-refractivity contribution is 7.99. The number of fused-ring (bicyclic) bond motifs is 2. The highest BCUT2D eigenvalue weighted by Crippen LogP contribution is 2.32. The summed E-state index contributed by atoms with van der Waals surface area (Å²) in [7, 11) is 0. The Balaban J connectivity index is 0.000000159. The van der Waals surface area contributed by atoms with Crippen molar-refractivity contribution in [1.29, 1.82) is 0 Å². The van der Waals surface area contributed by atoms with Gasteiger partial charge in [-0.3, -0.25) is 15.0 Å². The summed E-state index contributed by atoms with van der Waals surface area (Å²) in [5.74, 6) is 2.73. The fourth-order valence-corrected chi connectivity index (χ4v) is 2.66. The quantitative estimate of drug-likeness (QED) is 0.875. The van der Waals surface area contributed by atoms with E-state index in [1.165, 1.54) is 11.9 Å². The van der Waals surface area contributed by atoms with Crippen LogP contribution in [0.1, 0.15) is 20.3 Å². The van der Waals surface area contributed by atoms with Gasteiger partial charge in [-0.2, -0.15) is 0 Å². The zero-order valence-electron chi connectivity index (χ0n) is 10.9. The maximum absolute atomic E-state index is 10.9. The van der Waals surface area contributed by atoms with Crippen molar-refractivity contribution < 1.29 is 14.3 Å². The largest absolute Gasteiger partial charge is 0.457 e. The summed E-state index contributed by atoms with van der Waals surface area (Å²) in [6.07, 6.45) is 0.540. The molecule has 3 aliphatic heterocycles. The Labute approximate surface area is 116 Å². The molecule has 1 aromatic rings. The van der Waals surface area contributed by atoms with E-state index in [1.807, 2.05) is 31.2 Å². The summed E-state index contributed by atoms with van der Waals surface area (Å²) in [6.45, 7) is 3.43. The van der Waals surface area contributed by atoms with Crippen LogP contribution in [-0.2, 0) is 9.59 Å². The molecule has 2 bridgehead atoms. The monoisotopic (exact) mass is 280 g/mol. The first kappa shape index (κ1) is 13.7. The second kappa shape index (κ2) is 5.97. The SMILES string of the molecule is CCS[C@@H]1CC(=O)N1NC(C)=O.c1cc2cc(c1)O2. The Morgan fingerprint density at radius 3 is 2.47 bits per heavy atom. The van der Waals surface area contributed by atoms with Crippen LogP contribution in [0.15, 0.2) is 24.3 Å². The van der Waals surface area contributed by atoms with E-state index in [2.05, 4.69) is 5.43 Å². The lowest BCUT2D eigenvalue weighted by Gasteiger charge is -2.38. The van der Waals surface area contributed by atoms with Gasteiger partial charge in [0.05, 0.1) is 6.42 Å². The molecule has 3 heterocycles. The van der Waals surface area contributed by atoms with E-state index < -0.39 is 0 Å². The second-order valence-electron chi connectivity index (χ2n) is 4.12. The number of thioether (sulfide) groups is 1. The summed E-state index contributed by atoms with van der Waals surface area (Å²) in [5.41, 5.74) is 2.49. The molecule has 4 rings (SSSR count). The van der Waals surface area contributed by atoms with Gasteiger partial charge in [0.25, 0.3) is 0 Å². The summed E-state index contributed by atoms with van der Waals surface area (Å²) in [6, 6.07) is 7.86. The number of amides is 2. The van der Waals surface area contributed by atoms with Crippen LogP contribution in [-0.4, -0.2) is 27.9 Å². The Kier molecular flexibility index (Phi) is 4.31. The van der Waals surface area contributed by atoms with Crippen molar-refractivity contribution in [1.82, 2.24) is 10.4 Å². The molecule has 2 amide bonds. The van der Waals surface area contributed by atoms with Gasteiger partial charge in [-0.15, -0.1) is 11.8 Å². The fourth-order valence-electron chi connectivity index (χ4n) is 1.70. The van der Waals surface area contributed by atoms with Crippen LogP contribution in [0.25, 0.3) is 0 Å². The third kappa shape index (κ3) is 3.41. The van der Waals surface area contributed by atoms with E-state index in [0.717, 1.165) is 17.3 Å². The van der Waals surface area contributed by atoms with E-state index in [4.69, 9.17) is 4.74 Å². The number of carbonyl (C=O) groups excluding carboxylic acids is 2. The molecule has 6 heteroatoms. The van der Waals surface area contributed by atoms with E-state index in [0.29, 0.717) is 6.42 Å². The number of hydrazine groups is 1. The Bertz CT molecular complexity index is 468. The zero-order chi connectivity index (χ0) is 13.8. The molecular weight excluding hydrogens is 264 g/mol. The standard InChI is InChI=1S/C7H12N2O2S.C6H4O/c1-3-12-7-4-6(11)9(7)8-5(2)10;1-2-5-4-6(3-1)7-5/h7H,3-4H2,1-2H3,(H,8,10);1-4H/t7-;/m1./s1. The number of nitrogens with one attached hydrogen (secondary N) is 1. The van der Waals surface area contributed by atoms with Gasteiger partial charge in [0.15, 0.2) is 0 Å². The molecule has 5 nitrogen and oxygen atoms in total. The molecule has 1 fully saturated rings. The average molecular weight is 280 g/mol. The Hall–Kier alpha value is -1.69. The minimum atomic E-state index is -0.190. The molecule has 3 aliphatic rings. The number of benzene rings is 1. The molecule has 0 aliphatic carbocycles. The average Bonchev–Trinajstić information content (AvgIpc) is 2.37. The van der Waals surface area contributed by atoms with Crippen molar-refractivity contribution in [2.45, 2.75) is 25.6 Å². The molecular formula is C13H16N2O3S. The smallest absolute Gasteiger partial charge is 0.245 e. The van der Waals surface area contributed by atoms with Crippen LogP contribution in [0.5, 0.6) is 11.5 Å². The summed E-state index contributed by atoms with van der Waals surface area (Å²) < 4.78 is 5.01. The van der Waals surface area contributed by atoms with E-state index in [9.17, 15) is 9.59 Å². The summed E-state index contributed by atoms with van der Waals surface area (Å²) in [5, 5.41) is 1.54. The number of ether oxygens (including phenoxy) is 1. The van der Waals surface area contributed by atoms with E-state index in [-0.39, 0.29) is 17.2 Å². The van der Waals surface area contributed by atoms with Crippen molar-refractivity contribution in [2.24, 2.45) is 0 Å². The normalized spacial score (nSPS) is 18.3. The minimum Gasteiger partial charge on any atom is -0.457 e. The lowest BCUT2D eigenvalue weighted by molar-refractivity contribution is -0.151.